The topological polar surface area (TPSA) is 53.6 Å². The smallest absolute Gasteiger partial charge is 0.117 e. The van der Waals surface area contributed by atoms with Crippen LogP contribution in [0.1, 0.15) is 5.69 Å². The fourth-order valence-corrected chi connectivity index (χ4v) is 2.33. The van der Waals surface area contributed by atoms with Crippen molar-refractivity contribution < 1.29 is 0 Å². The number of rotatable bonds is 3. The zero-order chi connectivity index (χ0) is 10.8. The standard InChI is InChI=1S/C11H10N4S/c1-2-4-10-9(3-1)11(16-15-10)13-6-8-5-12-7-14-8/h1-5,7,13H,6H2,(H,12,14). The first-order chi connectivity index (χ1) is 7.93. The zero-order valence-corrected chi connectivity index (χ0v) is 9.29. The van der Waals surface area contributed by atoms with Crippen LogP contribution in [-0.2, 0) is 6.54 Å². The van der Waals surface area contributed by atoms with E-state index in [-0.39, 0.29) is 0 Å². The number of aromatic amines is 1. The molecule has 0 saturated carbocycles. The maximum absolute atomic E-state index is 4.37. The molecule has 2 N–H and O–H groups in total. The van der Waals surface area contributed by atoms with E-state index in [9.17, 15) is 0 Å². The molecule has 0 bridgehead atoms. The molecule has 5 heteroatoms. The van der Waals surface area contributed by atoms with Gasteiger partial charge in [-0.2, -0.15) is 4.37 Å². The van der Waals surface area contributed by atoms with Crippen LogP contribution in [0.25, 0.3) is 10.9 Å². The Balaban J connectivity index is 1.84. The molecule has 0 spiro atoms. The molecule has 0 unspecified atom stereocenters. The Morgan fingerprint density at radius 3 is 3.12 bits per heavy atom. The van der Waals surface area contributed by atoms with Crippen LogP contribution >= 0.6 is 11.5 Å². The first kappa shape index (κ1) is 9.35. The molecule has 3 rings (SSSR count). The van der Waals surface area contributed by atoms with Crippen molar-refractivity contribution in [1.82, 2.24) is 14.3 Å². The van der Waals surface area contributed by atoms with E-state index in [1.165, 1.54) is 16.9 Å². The van der Waals surface area contributed by atoms with E-state index in [0.29, 0.717) is 0 Å². The molecule has 0 saturated heterocycles. The molecule has 0 aliphatic carbocycles. The lowest BCUT2D eigenvalue weighted by atomic mass is 10.2. The molecule has 0 radical (unpaired) electrons. The molecule has 3 aromatic rings. The average molecular weight is 230 g/mol. The summed E-state index contributed by atoms with van der Waals surface area (Å²) in [7, 11) is 0. The number of benzene rings is 1. The number of H-pyrrole nitrogens is 1. The van der Waals surface area contributed by atoms with Crippen LogP contribution < -0.4 is 5.32 Å². The molecule has 4 nitrogen and oxygen atoms in total. The highest BCUT2D eigenvalue weighted by molar-refractivity contribution is 7.11. The summed E-state index contributed by atoms with van der Waals surface area (Å²) in [6.07, 6.45) is 3.50. The summed E-state index contributed by atoms with van der Waals surface area (Å²) in [5, 5.41) is 5.63. The third-order valence-corrected chi connectivity index (χ3v) is 3.21. The van der Waals surface area contributed by atoms with Gasteiger partial charge in [0.25, 0.3) is 0 Å². The van der Waals surface area contributed by atoms with Gasteiger partial charge in [0.2, 0.25) is 0 Å². The fraction of sp³-hybridized carbons (Fsp3) is 0.0909. The minimum absolute atomic E-state index is 0.742. The molecule has 0 atom stereocenters. The summed E-state index contributed by atoms with van der Waals surface area (Å²) in [5.74, 6) is 0. The van der Waals surface area contributed by atoms with Crippen molar-refractivity contribution >= 4 is 27.4 Å². The van der Waals surface area contributed by atoms with Gasteiger partial charge in [-0.25, -0.2) is 4.98 Å². The first-order valence-electron chi connectivity index (χ1n) is 4.99. The van der Waals surface area contributed by atoms with Crippen LogP contribution in [0.15, 0.2) is 36.8 Å². The summed E-state index contributed by atoms with van der Waals surface area (Å²) in [4.78, 5) is 7.03. The maximum atomic E-state index is 4.37. The number of imidazole rings is 1. The molecule has 0 aliphatic heterocycles. The molecule has 16 heavy (non-hydrogen) atoms. The minimum Gasteiger partial charge on any atom is -0.370 e. The van der Waals surface area contributed by atoms with Gasteiger partial charge in [0, 0.05) is 11.6 Å². The van der Waals surface area contributed by atoms with Crippen molar-refractivity contribution in [1.29, 1.82) is 0 Å². The van der Waals surface area contributed by atoms with Gasteiger partial charge in [0.05, 0.1) is 24.1 Å². The number of anilines is 1. The fourth-order valence-electron chi connectivity index (χ4n) is 1.57. The van der Waals surface area contributed by atoms with Crippen molar-refractivity contribution in [3.05, 3.63) is 42.5 Å². The molecule has 2 heterocycles. The van der Waals surface area contributed by atoms with E-state index < -0.39 is 0 Å². The van der Waals surface area contributed by atoms with Gasteiger partial charge in [-0.05, 0) is 23.7 Å². The van der Waals surface area contributed by atoms with Gasteiger partial charge < -0.3 is 10.3 Å². The predicted octanol–water partition coefficient (Wildman–Crippen LogP) is 2.63. The van der Waals surface area contributed by atoms with Crippen molar-refractivity contribution in [3.8, 4) is 0 Å². The van der Waals surface area contributed by atoms with Gasteiger partial charge >= 0.3 is 0 Å². The molecule has 0 amide bonds. The van der Waals surface area contributed by atoms with E-state index in [4.69, 9.17) is 0 Å². The summed E-state index contributed by atoms with van der Waals surface area (Å²) in [6.45, 7) is 0.742. The third kappa shape index (κ3) is 1.65. The SMILES string of the molecule is c1ccc2c(NCc3cnc[nH]3)snc2c1. The summed E-state index contributed by atoms with van der Waals surface area (Å²) in [5.41, 5.74) is 2.11. The minimum atomic E-state index is 0.742. The van der Waals surface area contributed by atoms with Crippen LogP contribution in [0.2, 0.25) is 0 Å². The second kappa shape index (κ2) is 3.94. The van der Waals surface area contributed by atoms with Crippen LogP contribution in [0.4, 0.5) is 5.00 Å². The second-order valence-corrected chi connectivity index (χ2v) is 4.23. The Labute approximate surface area is 96.5 Å². The number of aromatic nitrogens is 3. The van der Waals surface area contributed by atoms with E-state index in [1.54, 1.807) is 6.33 Å². The molecule has 0 aliphatic rings. The average Bonchev–Trinajstić information content (AvgIpc) is 2.96. The molecule has 80 valence electrons. The van der Waals surface area contributed by atoms with Crippen LogP contribution in [0, 0.1) is 0 Å². The number of nitrogens with one attached hydrogen (secondary N) is 2. The van der Waals surface area contributed by atoms with Gasteiger partial charge in [-0.15, -0.1) is 0 Å². The lowest BCUT2D eigenvalue weighted by molar-refractivity contribution is 1.08. The van der Waals surface area contributed by atoms with E-state index in [0.717, 1.165) is 22.8 Å². The van der Waals surface area contributed by atoms with Crippen molar-refractivity contribution in [2.45, 2.75) is 6.54 Å². The molecule has 1 aromatic carbocycles. The number of nitrogens with zero attached hydrogens (tertiary/aromatic N) is 2. The molecule has 0 fully saturated rings. The summed E-state index contributed by atoms with van der Waals surface area (Å²) < 4.78 is 4.37. The highest BCUT2D eigenvalue weighted by Crippen LogP contribution is 2.27. The van der Waals surface area contributed by atoms with Crippen LogP contribution in [-0.4, -0.2) is 14.3 Å². The van der Waals surface area contributed by atoms with E-state index in [2.05, 4.69) is 25.7 Å². The third-order valence-electron chi connectivity index (χ3n) is 2.38. The largest absolute Gasteiger partial charge is 0.370 e. The van der Waals surface area contributed by atoms with Crippen LogP contribution in [0.5, 0.6) is 0 Å². The van der Waals surface area contributed by atoms with Gasteiger partial charge in [0.15, 0.2) is 0 Å². The highest BCUT2D eigenvalue weighted by Gasteiger charge is 2.04. The lowest BCUT2D eigenvalue weighted by Gasteiger charge is -2.00. The quantitative estimate of drug-likeness (QED) is 0.727. The van der Waals surface area contributed by atoms with E-state index in [1.807, 2.05) is 24.4 Å². The van der Waals surface area contributed by atoms with Gasteiger partial charge in [0.1, 0.15) is 5.00 Å². The Bertz CT molecular complexity index is 585. The monoisotopic (exact) mass is 230 g/mol. The van der Waals surface area contributed by atoms with Crippen molar-refractivity contribution in [3.63, 3.8) is 0 Å². The Morgan fingerprint density at radius 1 is 1.31 bits per heavy atom. The van der Waals surface area contributed by atoms with Gasteiger partial charge in [-0.1, -0.05) is 12.1 Å². The molecular weight excluding hydrogens is 220 g/mol. The molecule has 2 aromatic heterocycles. The maximum Gasteiger partial charge on any atom is 0.117 e. The Morgan fingerprint density at radius 2 is 2.25 bits per heavy atom. The Kier molecular flexibility index (Phi) is 2.30. The molecular formula is C11H10N4S. The summed E-state index contributed by atoms with van der Waals surface area (Å²) >= 11 is 1.49. The number of fused-ring (bicyclic) bond motifs is 1. The lowest BCUT2D eigenvalue weighted by Crippen LogP contribution is -1.97. The van der Waals surface area contributed by atoms with Crippen molar-refractivity contribution in [2.75, 3.05) is 5.32 Å². The highest BCUT2D eigenvalue weighted by atomic mass is 32.1. The van der Waals surface area contributed by atoms with Gasteiger partial charge in [-0.3, -0.25) is 0 Å². The predicted molar refractivity (Wildman–Crippen MR) is 65.5 cm³/mol. The summed E-state index contributed by atoms with van der Waals surface area (Å²) in [6, 6.07) is 8.13. The van der Waals surface area contributed by atoms with Crippen molar-refractivity contribution in [2.24, 2.45) is 0 Å². The zero-order valence-electron chi connectivity index (χ0n) is 8.47. The number of hydrogen-bond donors (Lipinski definition) is 2. The second-order valence-electron chi connectivity index (χ2n) is 3.46. The normalized spacial score (nSPS) is 10.8. The first-order valence-corrected chi connectivity index (χ1v) is 5.76. The Hall–Kier alpha value is -1.88. The van der Waals surface area contributed by atoms with E-state index >= 15 is 0 Å². The van der Waals surface area contributed by atoms with Crippen LogP contribution in [0.3, 0.4) is 0 Å². The number of hydrogen-bond acceptors (Lipinski definition) is 4.